The van der Waals surface area contributed by atoms with Gasteiger partial charge in [-0.05, 0) is 48.9 Å². The molecule has 1 aromatic heterocycles. The summed E-state index contributed by atoms with van der Waals surface area (Å²) in [6.45, 7) is 1.81. The van der Waals surface area contributed by atoms with Crippen LogP contribution in [0.15, 0.2) is 77.3 Å². The Morgan fingerprint density at radius 2 is 1.77 bits per heavy atom. The smallest absolute Gasteiger partial charge is 0.262 e. The second-order valence-electron chi connectivity index (χ2n) is 6.85. The maximum Gasteiger partial charge on any atom is 0.262 e. The molecule has 0 aliphatic carbocycles. The van der Waals surface area contributed by atoms with Gasteiger partial charge < -0.3 is 19.3 Å². The minimum atomic E-state index is -0.280. The fourth-order valence-corrected chi connectivity index (χ4v) is 2.99. The van der Waals surface area contributed by atoms with Crippen molar-refractivity contribution in [3.8, 4) is 34.3 Å². The summed E-state index contributed by atoms with van der Waals surface area (Å²) >= 11 is 0. The molecular weight excluding hydrogens is 394 g/mol. The van der Waals surface area contributed by atoms with Crippen LogP contribution in [0.1, 0.15) is 5.56 Å². The Labute approximate surface area is 179 Å². The Kier molecular flexibility index (Phi) is 5.93. The van der Waals surface area contributed by atoms with E-state index in [1.165, 1.54) is 0 Å². The van der Waals surface area contributed by atoms with Gasteiger partial charge >= 0.3 is 0 Å². The molecule has 0 aliphatic rings. The third-order valence-electron chi connectivity index (χ3n) is 4.56. The average molecular weight is 415 g/mol. The van der Waals surface area contributed by atoms with Crippen molar-refractivity contribution >= 4 is 11.6 Å². The van der Waals surface area contributed by atoms with Crippen molar-refractivity contribution < 1.29 is 18.8 Å². The molecule has 0 unspecified atom stereocenters. The monoisotopic (exact) mass is 415 g/mol. The number of carbonyl (C=O) groups is 1. The number of hydrogen-bond donors (Lipinski definition) is 1. The lowest BCUT2D eigenvalue weighted by Crippen LogP contribution is -2.20. The van der Waals surface area contributed by atoms with Gasteiger partial charge in [-0.1, -0.05) is 41.6 Å². The summed E-state index contributed by atoms with van der Waals surface area (Å²) in [5.41, 5.74) is 3.27. The van der Waals surface area contributed by atoms with Crippen LogP contribution in [0.2, 0.25) is 0 Å². The van der Waals surface area contributed by atoms with Crippen molar-refractivity contribution in [3.05, 3.63) is 78.4 Å². The maximum absolute atomic E-state index is 12.3. The summed E-state index contributed by atoms with van der Waals surface area (Å²) in [5, 5.41) is 6.83. The lowest BCUT2D eigenvalue weighted by Gasteiger charge is -2.11. The van der Waals surface area contributed by atoms with Crippen LogP contribution in [0.5, 0.6) is 11.5 Å². The quantitative estimate of drug-likeness (QED) is 0.469. The van der Waals surface area contributed by atoms with Gasteiger partial charge in [-0.2, -0.15) is 4.98 Å². The Balaban J connectivity index is 1.37. The van der Waals surface area contributed by atoms with Crippen molar-refractivity contribution in [3.63, 3.8) is 0 Å². The number of nitrogens with zero attached hydrogens (tertiary/aromatic N) is 2. The molecule has 1 N–H and O–H groups in total. The number of nitrogens with one attached hydrogen (secondary N) is 1. The van der Waals surface area contributed by atoms with Crippen molar-refractivity contribution in [2.24, 2.45) is 0 Å². The summed E-state index contributed by atoms with van der Waals surface area (Å²) in [4.78, 5) is 16.7. The number of carbonyl (C=O) groups excluding carboxylic acids is 1. The number of aromatic nitrogens is 2. The zero-order valence-electron chi connectivity index (χ0n) is 17.2. The van der Waals surface area contributed by atoms with E-state index in [9.17, 15) is 4.79 Å². The standard InChI is InChI=1S/C24H21N3O4/c1-16-8-13-21(29-2)20(14-16)25-22(28)15-30-19-11-9-18(10-12-19)24-26-23(27-31-24)17-6-4-3-5-7-17/h3-14H,15H2,1-2H3,(H,25,28). The van der Waals surface area contributed by atoms with Gasteiger partial charge in [-0.25, -0.2) is 0 Å². The topological polar surface area (TPSA) is 86.5 Å². The van der Waals surface area contributed by atoms with Crippen molar-refractivity contribution in [2.45, 2.75) is 6.92 Å². The Bertz CT molecular complexity index is 1170. The average Bonchev–Trinajstić information content (AvgIpc) is 3.29. The fourth-order valence-electron chi connectivity index (χ4n) is 2.99. The number of amides is 1. The molecule has 3 aromatic carbocycles. The summed E-state index contributed by atoms with van der Waals surface area (Å²) in [7, 11) is 1.56. The van der Waals surface area contributed by atoms with Gasteiger partial charge in [0.15, 0.2) is 6.61 Å². The molecule has 31 heavy (non-hydrogen) atoms. The van der Waals surface area contributed by atoms with Crippen LogP contribution in [-0.2, 0) is 4.79 Å². The first-order valence-electron chi connectivity index (χ1n) is 9.69. The van der Waals surface area contributed by atoms with Crippen molar-refractivity contribution in [2.75, 3.05) is 19.0 Å². The first-order valence-corrected chi connectivity index (χ1v) is 9.69. The summed E-state index contributed by atoms with van der Waals surface area (Å²) in [6.07, 6.45) is 0. The highest BCUT2D eigenvalue weighted by molar-refractivity contribution is 5.93. The molecule has 0 saturated carbocycles. The van der Waals surface area contributed by atoms with Crippen LogP contribution < -0.4 is 14.8 Å². The zero-order chi connectivity index (χ0) is 21.6. The number of anilines is 1. The van der Waals surface area contributed by atoms with Gasteiger partial charge in [-0.15, -0.1) is 0 Å². The fraction of sp³-hybridized carbons (Fsp3) is 0.125. The SMILES string of the molecule is COc1ccc(C)cc1NC(=O)COc1ccc(-c2nc(-c3ccccc3)no2)cc1. The third-order valence-corrected chi connectivity index (χ3v) is 4.56. The van der Waals surface area contributed by atoms with Gasteiger partial charge in [0.1, 0.15) is 11.5 Å². The number of rotatable bonds is 7. The molecule has 0 saturated heterocycles. The second-order valence-corrected chi connectivity index (χ2v) is 6.85. The number of hydrogen-bond acceptors (Lipinski definition) is 6. The van der Waals surface area contributed by atoms with Gasteiger partial charge in [0.25, 0.3) is 11.8 Å². The molecule has 0 bridgehead atoms. The van der Waals surface area contributed by atoms with E-state index in [0.29, 0.717) is 28.9 Å². The predicted octanol–water partition coefficient (Wildman–Crippen LogP) is 4.74. The van der Waals surface area contributed by atoms with E-state index < -0.39 is 0 Å². The van der Waals surface area contributed by atoms with E-state index in [1.54, 1.807) is 31.4 Å². The van der Waals surface area contributed by atoms with Gasteiger partial charge in [0.05, 0.1) is 12.8 Å². The molecule has 0 radical (unpaired) electrons. The molecular formula is C24H21N3O4. The Morgan fingerprint density at radius 1 is 1.00 bits per heavy atom. The molecule has 156 valence electrons. The zero-order valence-corrected chi connectivity index (χ0v) is 17.2. The van der Waals surface area contributed by atoms with E-state index >= 15 is 0 Å². The molecule has 7 nitrogen and oxygen atoms in total. The molecule has 0 spiro atoms. The minimum absolute atomic E-state index is 0.130. The van der Waals surface area contributed by atoms with E-state index in [2.05, 4.69) is 15.5 Å². The first kappa shape index (κ1) is 20.2. The summed E-state index contributed by atoms with van der Waals surface area (Å²) < 4.78 is 16.2. The minimum Gasteiger partial charge on any atom is -0.495 e. The van der Waals surface area contributed by atoms with Gasteiger partial charge in [0.2, 0.25) is 5.82 Å². The molecule has 4 aromatic rings. The van der Waals surface area contributed by atoms with Crippen molar-refractivity contribution in [1.29, 1.82) is 0 Å². The van der Waals surface area contributed by atoms with Crippen LogP contribution in [-0.4, -0.2) is 29.8 Å². The Hall–Kier alpha value is -4.13. The highest BCUT2D eigenvalue weighted by Crippen LogP contribution is 2.26. The lowest BCUT2D eigenvalue weighted by atomic mass is 10.2. The van der Waals surface area contributed by atoms with Crippen LogP contribution in [0.3, 0.4) is 0 Å². The number of methoxy groups -OCH3 is 1. The maximum atomic E-state index is 12.3. The molecule has 4 rings (SSSR count). The summed E-state index contributed by atoms with van der Waals surface area (Å²) in [6, 6.07) is 22.3. The van der Waals surface area contributed by atoms with E-state index in [-0.39, 0.29) is 12.5 Å². The molecule has 7 heteroatoms. The van der Waals surface area contributed by atoms with Gasteiger partial charge in [-0.3, -0.25) is 4.79 Å². The third kappa shape index (κ3) is 4.90. The van der Waals surface area contributed by atoms with E-state index in [4.69, 9.17) is 14.0 Å². The van der Waals surface area contributed by atoms with E-state index in [1.807, 2.05) is 55.5 Å². The van der Waals surface area contributed by atoms with Crippen LogP contribution in [0, 0.1) is 6.92 Å². The molecule has 1 amide bonds. The lowest BCUT2D eigenvalue weighted by molar-refractivity contribution is -0.118. The number of aryl methyl sites for hydroxylation is 1. The largest absolute Gasteiger partial charge is 0.495 e. The molecule has 0 atom stereocenters. The highest BCUT2D eigenvalue weighted by Gasteiger charge is 2.12. The summed E-state index contributed by atoms with van der Waals surface area (Å²) in [5.74, 6) is 1.81. The van der Waals surface area contributed by atoms with Crippen LogP contribution in [0.4, 0.5) is 5.69 Å². The van der Waals surface area contributed by atoms with Gasteiger partial charge in [0, 0.05) is 11.1 Å². The highest BCUT2D eigenvalue weighted by atomic mass is 16.5. The van der Waals surface area contributed by atoms with Crippen LogP contribution in [0.25, 0.3) is 22.8 Å². The van der Waals surface area contributed by atoms with Crippen LogP contribution >= 0.6 is 0 Å². The van der Waals surface area contributed by atoms with Crippen molar-refractivity contribution in [1.82, 2.24) is 10.1 Å². The second kappa shape index (κ2) is 9.13. The first-order chi connectivity index (χ1) is 15.1. The molecule has 0 aliphatic heterocycles. The molecule has 0 fully saturated rings. The normalized spacial score (nSPS) is 10.5. The predicted molar refractivity (Wildman–Crippen MR) is 117 cm³/mol. The molecule has 1 heterocycles. The number of ether oxygens (including phenoxy) is 2. The Morgan fingerprint density at radius 3 is 2.52 bits per heavy atom. The van der Waals surface area contributed by atoms with E-state index in [0.717, 1.165) is 16.7 Å². The number of benzene rings is 3.